The summed E-state index contributed by atoms with van der Waals surface area (Å²) < 4.78 is 6.69. The number of aliphatic hydroxyl groups excluding tert-OH is 1. The molecule has 0 spiro atoms. The van der Waals surface area contributed by atoms with Gasteiger partial charge in [0, 0.05) is 32.6 Å². The van der Waals surface area contributed by atoms with Gasteiger partial charge in [-0.2, -0.15) is 15.0 Å². The number of nitrogens with zero attached hydrogens (tertiary/aromatic N) is 6. The van der Waals surface area contributed by atoms with Gasteiger partial charge in [0.2, 0.25) is 17.8 Å². The lowest BCUT2D eigenvalue weighted by Gasteiger charge is -2.21. The van der Waals surface area contributed by atoms with E-state index in [1.807, 2.05) is 0 Å². The summed E-state index contributed by atoms with van der Waals surface area (Å²) in [7, 11) is 1.61. The summed E-state index contributed by atoms with van der Waals surface area (Å²) in [5, 5.41) is 9.17. The van der Waals surface area contributed by atoms with Crippen molar-refractivity contribution in [3.05, 3.63) is 18.7 Å². The third-order valence-corrected chi connectivity index (χ3v) is 2.69. The Labute approximate surface area is 121 Å². The van der Waals surface area contributed by atoms with Gasteiger partial charge < -0.3 is 14.7 Å². The normalized spacial score (nSPS) is 10.6. The van der Waals surface area contributed by atoms with Gasteiger partial charge in [0.15, 0.2) is 0 Å². The summed E-state index contributed by atoms with van der Waals surface area (Å²) in [4.78, 5) is 18.5. The molecule has 21 heavy (non-hydrogen) atoms. The number of methoxy groups -OCH3 is 1. The minimum Gasteiger partial charge on any atom is -0.395 e. The number of hydrogen-bond donors (Lipinski definition) is 3. The highest BCUT2D eigenvalue weighted by atomic mass is 16.5. The lowest BCUT2D eigenvalue weighted by atomic mass is 10.5. The molecule has 0 unspecified atom stereocenters. The summed E-state index contributed by atoms with van der Waals surface area (Å²) in [6.45, 7) is 1.37. The zero-order chi connectivity index (χ0) is 15.1. The molecule has 114 valence electrons. The van der Waals surface area contributed by atoms with Gasteiger partial charge in [-0.15, -0.1) is 0 Å². The van der Waals surface area contributed by atoms with Crippen molar-refractivity contribution in [3.8, 4) is 5.95 Å². The zero-order valence-corrected chi connectivity index (χ0v) is 11.7. The number of imidazole rings is 1. The van der Waals surface area contributed by atoms with Crippen LogP contribution in [-0.4, -0.2) is 63.0 Å². The maximum absolute atomic E-state index is 9.17. The SMILES string of the molecule is COCCN(CCO)c1nc(NN)nc(-n2ccnc2)n1. The van der Waals surface area contributed by atoms with Crippen LogP contribution in [0.3, 0.4) is 0 Å². The average molecular weight is 294 g/mol. The first-order valence-electron chi connectivity index (χ1n) is 6.34. The fraction of sp³-hybridized carbons (Fsp3) is 0.455. The molecular weight excluding hydrogens is 276 g/mol. The van der Waals surface area contributed by atoms with Crippen molar-refractivity contribution in [1.29, 1.82) is 0 Å². The Morgan fingerprint density at radius 2 is 2.24 bits per heavy atom. The molecule has 0 bridgehead atoms. The van der Waals surface area contributed by atoms with Crippen molar-refractivity contribution in [2.75, 3.05) is 43.7 Å². The minimum atomic E-state index is -0.0266. The molecule has 0 saturated carbocycles. The summed E-state index contributed by atoms with van der Waals surface area (Å²) in [6, 6.07) is 0. The number of hydrogen-bond acceptors (Lipinski definition) is 9. The zero-order valence-electron chi connectivity index (χ0n) is 11.7. The molecule has 0 aliphatic carbocycles. The van der Waals surface area contributed by atoms with Gasteiger partial charge in [0.1, 0.15) is 6.33 Å². The van der Waals surface area contributed by atoms with Crippen LogP contribution >= 0.6 is 0 Å². The topological polar surface area (TPSA) is 127 Å². The number of hydrazine groups is 1. The molecule has 4 N–H and O–H groups in total. The van der Waals surface area contributed by atoms with Gasteiger partial charge in [-0.25, -0.2) is 10.8 Å². The van der Waals surface area contributed by atoms with E-state index in [1.165, 1.54) is 0 Å². The number of aliphatic hydroxyl groups is 1. The second kappa shape index (κ2) is 7.47. The maximum atomic E-state index is 9.17. The second-order valence-electron chi connectivity index (χ2n) is 4.08. The fourth-order valence-electron chi connectivity index (χ4n) is 1.69. The number of nitrogens with one attached hydrogen (secondary N) is 1. The Morgan fingerprint density at radius 1 is 1.38 bits per heavy atom. The first-order chi connectivity index (χ1) is 10.3. The highest BCUT2D eigenvalue weighted by molar-refractivity contribution is 5.39. The molecule has 0 radical (unpaired) electrons. The van der Waals surface area contributed by atoms with Crippen LogP contribution in [0, 0.1) is 0 Å². The molecule has 2 heterocycles. The lowest BCUT2D eigenvalue weighted by Crippen LogP contribution is -2.32. The van der Waals surface area contributed by atoms with Crippen LogP contribution < -0.4 is 16.2 Å². The van der Waals surface area contributed by atoms with Crippen molar-refractivity contribution in [2.24, 2.45) is 5.84 Å². The van der Waals surface area contributed by atoms with Crippen LogP contribution in [0.15, 0.2) is 18.7 Å². The maximum Gasteiger partial charge on any atom is 0.243 e. The number of rotatable bonds is 8. The van der Waals surface area contributed by atoms with E-state index in [4.69, 9.17) is 15.7 Å². The van der Waals surface area contributed by atoms with Crippen LogP contribution in [0.5, 0.6) is 0 Å². The van der Waals surface area contributed by atoms with E-state index < -0.39 is 0 Å². The Morgan fingerprint density at radius 3 is 2.86 bits per heavy atom. The second-order valence-corrected chi connectivity index (χ2v) is 4.08. The lowest BCUT2D eigenvalue weighted by molar-refractivity contribution is 0.202. The summed E-state index contributed by atoms with van der Waals surface area (Å²) >= 11 is 0. The summed E-state index contributed by atoms with van der Waals surface area (Å²) in [6.07, 6.45) is 4.91. The van der Waals surface area contributed by atoms with Crippen molar-refractivity contribution in [3.63, 3.8) is 0 Å². The van der Waals surface area contributed by atoms with E-state index in [2.05, 4.69) is 25.4 Å². The molecule has 0 amide bonds. The molecule has 2 rings (SSSR count). The molecule has 0 aromatic carbocycles. The van der Waals surface area contributed by atoms with Gasteiger partial charge in [0.05, 0.1) is 13.2 Å². The molecule has 0 saturated heterocycles. The monoisotopic (exact) mass is 294 g/mol. The van der Waals surface area contributed by atoms with Crippen LogP contribution in [-0.2, 0) is 4.74 Å². The fourth-order valence-corrected chi connectivity index (χ4v) is 1.69. The first kappa shape index (κ1) is 15.1. The third kappa shape index (κ3) is 3.84. The molecule has 10 nitrogen and oxygen atoms in total. The van der Waals surface area contributed by atoms with Crippen molar-refractivity contribution < 1.29 is 9.84 Å². The number of nitrogen functional groups attached to an aromatic ring is 1. The molecule has 0 atom stereocenters. The van der Waals surface area contributed by atoms with E-state index >= 15 is 0 Å². The van der Waals surface area contributed by atoms with E-state index in [9.17, 15) is 0 Å². The molecule has 0 aliphatic heterocycles. The quantitative estimate of drug-likeness (QED) is 0.406. The van der Waals surface area contributed by atoms with Crippen molar-refractivity contribution in [2.45, 2.75) is 0 Å². The molecule has 2 aromatic heterocycles. The van der Waals surface area contributed by atoms with Gasteiger partial charge in [-0.3, -0.25) is 9.99 Å². The minimum absolute atomic E-state index is 0.0266. The van der Waals surface area contributed by atoms with Crippen molar-refractivity contribution in [1.82, 2.24) is 24.5 Å². The van der Waals surface area contributed by atoms with Crippen LogP contribution in [0.1, 0.15) is 0 Å². The highest BCUT2D eigenvalue weighted by Gasteiger charge is 2.13. The Hall–Kier alpha value is -2.30. The standard InChI is InChI=1S/C11H18N8O2/c1-21-7-5-18(4-6-20)10-14-9(17-12)15-11(16-10)19-3-2-13-8-19/h2-3,8,20H,4-7,12H2,1H3,(H,14,15,16,17). The third-order valence-electron chi connectivity index (χ3n) is 2.69. The Bertz CT molecular complexity index is 547. The molecule has 0 fully saturated rings. The van der Waals surface area contributed by atoms with Crippen molar-refractivity contribution >= 4 is 11.9 Å². The summed E-state index contributed by atoms with van der Waals surface area (Å²) in [5.74, 6) is 6.40. The predicted molar refractivity (Wildman–Crippen MR) is 75.9 cm³/mol. The van der Waals surface area contributed by atoms with E-state index in [1.54, 1.807) is 35.3 Å². The van der Waals surface area contributed by atoms with Gasteiger partial charge in [-0.1, -0.05) is 0 Å². The van der Waals surface area contributed by atoms with Crippen LogP contribution in [0.4, 0.5) is 11.9 Å². The molecule has 2 aromatic rings. The first-order valence-corrected chi connectivity index (χ1v) is 6.34. The largest absolute Gasteiger partial charge is 0.395 e. The van der Waals surface area contributed by atoms with Gasteiger partial charge >= 0.3 is 0 Å². The van der Waals surface area contributed by atoms with Gasteiger partial charge in [-0.05, 0) is 0 Å². The van der Waals surface area contributed by atoms with Gasteiger partial charge in [0.25, 0.3) is 0 Å². The van der Waals surface area contributed by atoms with Crippen LogP contribution in [0.25, 0.3) is 5.95 Å². The van der Waals surface area contributed by atoms with E-state index in [-0.39, 0.29) is 12.6 Å². The number of ether oxygens (including phenoxy) is 1. The number of nitrogens with two attached hydrogens (primary N) is 1. The average Bonchev–Trinajstić information content (AvgIpc) is 3.05. The predicted octanol–water partition coefficient (Wildman–Crippen LogP) is -1.21. The Kier molecular flexibility index (Phi) is 5.37. The Balaban J connectivity index is 2.34. The summed E-state index contributed by atoms with van der Waals surface area (Å²) in [5.41, 5.74) is 2.41. The van der Waals surface area contributed by atoms with Crippen LogP contribution in [0.2, 0.25) is 0 Å². The smallest absolute Gasteiger partial charge is 0.243 e. The molecular formula is C11H18N8O2. The molecule has 0 aliphatic rings. The van der Waals surface area contributed by atoms with E-state index in [0.29, 0.717) is 31.6 Å². The number of aromatic nitrogens is 5. The van der Waals surface area contributed by atoms with E-state index in [0.717, 1.165) is 0 Å². The molecule has 10 heteroatoms. The number of anilines is 2. The highest BCUT2D eigenvalue weighted by Crippen LogP contribution is 2.12.